The zero-order chi connectivity index (χ0) is 13.5. The van der Waals surface area contributed by atoms with Crippen LogP contribution in [0.3, 0.4) is 0 Å². The number of amides is 2. The standard InChI is InChI=1S/C11H19N3O4/c1-9(15)12-8-10(16)14-6-4-13(5-7-14)3-2-11(17)18/h2-8H2,1H3,(H,12,15)(H,17,18). The SMILES string of the molecule is CC(=O)NCC(=O)N1CCN(CCC(=O)O)CC1. The number of piperazine rings is 1. The van der Waals surface area contributed by atoms with Crippen LogP contribution in [-0.2, 0) is 14.4 Å². The van der Waals surface area contributed by atoms with E-state index in [1.807, 2.05) is 4.90 Å². The molecule has 7 nitrogen and oxygen atoms in total. The van der Waals surface area contributed by atoms with E-state index in [2.05, 4.69) is 5.32 Å². The lowest BCUT2D eigenvalue weighted by Gasteiger charge is -2.34. The lowest BCUT2D eigenvalue weighted by Crippen LogP contribution is -2.51. The zero-order valence-corrected chi connectivity index (χ0v) is 10.5. The molecular weight excluding hydrogens is 238 g/mol. The van der Waals surface area contributed by atoms with Gasteiger partial charge in [-0.15, -0.1) is 0 Å². The van der Waals surface area contributed by atoms with Gasteiger partial charge in [0.15, 0.2) is 0 Å². The van der Waals surface area contributed by atoms with Gasteiger partial charge in [-0.2, -0.15) is 0 Å². The highest BCUT2D eigenvalue weighted by Crippen LogP contribution is 2.02. The van der Waals surface area contributed by atoms with Crippen molar-refractivity contribution in [1.82, 2.24) is 15.1 Å². The molecule has 0 aliphatic carbocycles. The Labute approximate surface area is 106 Å². The minimum Gasteiger partial charge on any atom is -0.481 e. The Kier molecular flexibility index (Phi) is 5.57. The van der Waals surface area contributed by atoms with E-state index in [0.29, 0.717) is 32.7 Å². The molecular formula is C11H19N3O4. The summed E-state index contributed by atoms with van der Waals surface area (Å²) in [4.78, 5) is 36.5. The summed E-state index contributed by atoms with van der Waals surface area (Å²) in [6.07, 6.45) is 0.125. The molecule has 102 valence electrons. The van der Waals surface area contributed by atoms with E-state index in [0.717, 1.165) is 0 Å². The average molecular weight is 257 g/mol. The number of rotatable bonds is 5. The third-order valence-electron chi connectivity index (χ3n) is 2.86. The Bertz CT molecular complexity index is 324. The van der Waals surface area contributed by atoms with Gasteiger partial charge in [0.1, 0.15) is 0 Å². The van der Waals surface area contributed by atoms with Crippen molar-refractivity contribution < 1.29 is 19.5 Å². The number of carboxylic acid groups (broad SMARTS) is 1. The molecule has 7 heteroatoms. The van der Waals surface area contributed by atoms with Crippen molar-refractivity contribution in [3.8, 4) is 0 Å². The molecule has 2 amide bonds. The number of carbonyl (C=O) groups is 3. The predicted octanol–water partition coefficient (Wildman–Crippen LogP) is -1.26. The number of nitrogens with one attached hydrogen (secondary N) is 1. The van der Waals surface area contributed by atoms with E-state index in [4.69, 9.17) is 5.11 Å². The molecule has 0 aromatic rings. The molecule has 1 heterocycles. The molecule has 0 saturated carbocycles. The number of nitrogens with zero attached hydrogens (tertiary/aromatic N) is 2. The van der Waals surface area contributed by atoms with Crippen LogP contribution in [-0.4, -0.2) is 72.0 Å². The van der Waals surface area contributed by atoms with Gasteiger partial charge in [0.25, 0.3) is 0 Å². The highest BCUT2D eigenvalue weighted by atomic mass is 16.4. The summed E-state index contributed by atoms with van der Waals surface area (Å²) < 4.78 is 0. The van der Waals surface area contributed by atoms with Crippen molar-refractivity contribution in [2.24, 2.45) is 0 Å². The topological polar surface area (TPSA) is 90.0 Å². The van der Waals surface area contributed by atoms with Crippen LogP contribution in [0.25, 0.3) is 0 Å². The summed E-state index contributed by atoms with van der Waals surface area (Å²) in [5, 5.41) is 11.0. The van der Waals surface area contributed by atoms with Crippen LogP contribution >= 0.6 is 0 Å². The molecule has 0 aromatic carbocycles. The normalized spacial score (nSPS) is 16.4. The molecule has 0 unspecified atom stereocenters. The molecule has 18 heavy (non-hydrogen) atoms. The number of aliphatic carboxylic acids is 1. The van der Waals surface area contributed by atoms with Gasteiger partial charge in [-0.1, -0.05) is 0 Å². The van der Waals surface area contributed by atoms with Crippen molar-refractivity contribution in [3.05, 3.63) is 0 Å². The maximum absolute atomic E-state index is 11.7. The van der Waals surface area contributed by atoms with Gasteiger partial charge in [0.2, 0.25) is 11.8 Å². The van der Waals surface area contributed by atoms with Crippen molar-refractivity contribution in [1.29, 1.82) is 0 Å². The number of carbonyl (C=O) groups excluding carboxylic acids is 2. The summed E-state index contributed by atoms with van der Waals surface area (Å²) in [6.45, 7) is 4.44. The third kappa shape index (κ3) is 5.13. The van der Waals surface area contributed by atoms with Gasteiger partial charge < -0.3 is 15.3 Å². The number of carboxylic acids is 1. The highest BCUT2D eigenvalue weighted by Gasteiger charge is 2.21. The van der Waals surface area contributed by atoms with Gasteiger partial charge in [-0.25, -0.2) is 0 Å². The first-order valence-corrected chi connectivity index (χ1v) is 5.95. The molecule has 2 N–H and O–H groups in total. The van der Waals surface area contributed by atoms with Crippen LogP contribution < -0.4 is 5.32 Å². The van der Waals surface area contributed by atoms with Crippen molar-refractivity contribution in [2.75, 3.05) is 39.3 Å². The summed E-state index contributed by atoms with van der Waals surface area (Å²) >= 11 is 0. The minimum atomic E-state index is -0.806. The van der Waals surface area contributed by atoms with Crippen molar-refractivity contribution in [3.63, 3.8) is 0 Å². The second-order valence-electron chi connectivity index (χ2n) is 4.28. The second kappa shape index (κ2) is 6.95. The highest BCUT2D eigenvalue weighted by molar-refractivity contribution is 5.83. The first kappa shape index (κ1) is 14.4. The van der Waals surface area contributed by atoms with Crippen LogP contribution in [0.4, 0.5) is 0 Å². The quantitative estimate of drug-likeness (QED) is 0.641. The van der Waals surface area contributed by atoms with E-state index < -0.39 is 5.97 Å². The predicted molar refractivity (Wildman–Crippen MR) is 64.0 cm³/mol. The fourth-order valence-corrected chi connectivity index (χ4v) is 1.79. The fraction of sp³-hybridized carbons (Fsp3) is 0.727. The van der Waals surface area contributed by atoms with Crippen molar-refractivity contribution >= 4 is 17.8 Å². The Morgan fingerprint density at radius 3 is 2.28 bits per heavy atom. The van der Waals surface area contributed by atoms with Gasteiger partial charge in [-0.05, 0) is 0 Å². The lowest BCUT2D eigenvalue weighted by atomic mass is 10.3. The van der Waals surface area contributed by atoms with E-state index in [1.54, 1.807) is 4.90 Å². The summed E-state index contributed by atoms with van der Waals surface area (Å²) in [7, 11) is 0. The lowest BCUT2D eigenvalue weighted by molar-refractivity contribution is -0.138. The summed E-state index contributed by atoms with van der Waals surface area (Å²) in [5.41, 5.74) is 0. The minimum absolute atomic E-state index is 0.0322. The molecule has 1 rings (SSSR count). The smallest absolute Gasteiger partial charge is 0.304 e. The van der Waals surface area contributed by atoms with Crippen LogP contribution in [0.15, 0.2) is 0 Å². The zero-order valence-electron chi connectivity index (χ0n) is 10.5. The van der Waals surface area contributed by atoms with Crippen LogP contribution in [0, 0.1) is 0 Å². The Balaban J connectivity index is 2.24. The number of hydrogen-bond acceptors (Lipinski definition) is 4. The van der Waals surface area contributed by atoms with E-state index >= 15 is 0 Å². The Morgan fingerprint density at radius 2 is 1.78 bits per heavy atom. The first-order valence-electron chi connectivity index (χ1n) is 5.95. The molecule has 0 atom stereocenters. The molecule has 0 radical (unpaired) electrons. The maximum atomic E-state index is 11.7. The molecule has 1 saturated heterocycles. The molecule has 0 aromatic heterocycles. The van der Waals surface area contributed by atoms with Gasteiger partial charge in [-0.3, -0.25) is 19.3 Å². The van der Waals surface area contributed by atoms with Crippen LogP contribution in [0.1, 0.15) is 13.3 Å². The molecule has 1 aliphatic heterocycles. The fourth-order valence-electron chi connectivity index (χ4n) is 1.79. The summed E-state index contributed by atoms with van der Waals surface area (Å²) in [5.74, 6) is -1.12. The first-order chi connectivity index (χ1) is 8.49. The Hall–Kier alpha value is -1.63. The van der Waals surface area contributed by atoms with Gasteiger partial charge >= 0.3 is 5.97 Å². The number of hydrogen-bond donors (Lipinski definition) is 2. The molecule has 0 bridgehead atoms. The average Bonchev–Trinajstić information content (AvgIpc) is 2.34. The Morgan fingerprint density at radius 1 is 1.17 bits per heavy atom. The maximum Gasteiger partial charge on any atom is 0.304 e. The van der Waals surface area contributed by atoms with E-state index in [-0.39, 0.29) is 24.8 Å². The molecule has 1 fully saturated rings. The monoisotopic (exact) mass is 257 g/mol. The van der Waals surface area contributed by atoms with Crippen LogP contribution in [0.2, 0.25) is 0 Å². The van der Waals surface area contributed by atoms with Gasteiger partial charge in [0, 0.05) is 39.6 Å². The second-order valence-corrected chi connectivity index (χ2v) is 4.28. The van der Waals surface area contributed by atoms with E-state index in [1.165, 1.54) is 6.92 Å². The van der Waals surface area contributed by atoms with Gasteiger partial charge in [0.05, 0.1) is 13.0 Å². The molecule has 0 spiro atoms. The van der Waals surface area contributed by atoms with Crippen LogP contribution in [0.5, 0.6) is 0 Å². The third-order valence-corrected chi connectivity index (χ3v) is 2.86. The van der Waals surface area contributed by atoms with Crippen molar-refractivity contribution in [2.45, 2.75) is 13.3 Å². The summed E-state index contributed by atoms with van der Waals surface area (Å²) in [6, 6.07) is 0. The largest absolute Gasteiger partial charge is 0.481 e. The molecule has 1 aliphatic rings. The van der Waals surface area contributed by atoms with E-state index in [9.17, 15) is 14.4 Å².